The van der Waals surface area contributed by atoms with Crippen molar-refractivity contribution in [1.29, 1.82) is 0 Å². The van der Waals surface area contributed by atoms with E-state index in [2.05, 4.69) is 39.6 Å². The molecule has 6 nitrogen and oxygen atoms in total. The first-order valence-electron chi connectivity index (χ1n) is 8.21. The average molecular weight is 363 g/mol. The third kappa shape index (κ3) is 3.67. The highest BCUT2D eigenvalue weighted by Crippen LogP contribution is 2.22. The first-order valence-corrected chi connectivity index (χ1v) is 9.37. The van der Waals surface area contributed by atoms with Crippen LogP contribution in [0.25, 0.3) is 17.1 Å². The largest absolute Gasteiger partial charge is 0.444 e. The van der Waals surface area contributed by atoms with E-state index in [1.807, 2.05) is 42.5 Å². The van der Waals surface area contributed by atoms with E-state index in [-0.39, 0.29) is 0 Å². The van der Waals surface area contributed by atoms with Gasteiger partial charge in [0.1, 0.15) is 6.26 Å². The molecule has 0 aliphatic rings. The Bertz CT molecular complexity index is 979. The van der Waals surface area contributed by atoms with Crippen LogP contribution < -0.4 is 0 Å². The highest BCUT2D eigenvalue weighted by molar-refractivity contribution is 7.97. The summed E-state index contributed by atoms with van der Waals surface area (Å²) in [5.74, 6) is 2.88. The lowest BCUT2D eigenvalue weighted by Gasteiger charge is -2.03. The Morgan fingerprint density at radius 2 is 1.81 bits per heavy atom. The van der Waals surface area contributed by atoms with Gasteiger partial charge < -0.3 is 4.42 Å². The van der Waals surface area contributed by atoms with Gasteiger partial charge in [0.05, 0.1) is 17.1 Å². The zero-order valence-electron chi connectivity index (χ0n) is 14.2. The Kier molecular flexibility index (Phi) is 4.79. The minimum absolute atomic E-state index is 0.648. The molecule has 4 aromatic rings. The lowest BCUT2D eigenvalue weighted by atomic mass is 10.1. The van der Waals surface area contributed by atoms with Crippen LogP contribution in [-0.4, -0.2) is 25.2 Å². The zero-order chi connectivity index (χ0) is 17.8. The molecule has 0 atom stereocenters. The van der Waals surface area contributed by atoms with E-state index in [1.54, 1.807) is 22.7 Å². The van der Waals surface area contributed by atoms with E-state index in [4.69, 9.17) is 4.42 Å². The Hall–Kier alpha value is -2.93. The van der Waals surface area contributed by atoms with Gasteiger partial charge in [0, 0.05) is 11.3 Å². The summed E-state index contributed by atoms with van der Waals surface area (Å²) in [4.78, 5) is 4.56. The molecule has 0 N–H and O–H groups in total. The molecule has 0 bridgehead atoms. The Balaban J connectivity index is 1.39. The molecule has 26 heavy (non-hydrogen) atoms. The molecule has 0 spiro atoms. The Morgan fingerprint density at radius 3 is 2.62 bits per heavy atom. The van der Waals surface area contributed by atoms with E-state index in [1.165, 1.54) is 5.56 Å². The number of aryl methyl sites for hydroxylation is 1. The second kappa shape index (κ2) is 7.53. The summed E-state index contributed by atoms with van der Waals surface area (Å²) >= 11 is 1.70. The van der Waals surface area contributed by atoms with Crippen LogP contribution in [0, 0.1) is 6.92 Å². The van der Waals surface area contributed by atoms with Crippen LogP contribution in [0.15, 0.2) is 65.3 Å². The Labute approximate surface area is 155 Å². The van der Waals surface area contributed by atoms with Crippen molar-refractivity contribution in [2.45, 2.75) is 18.4 Å². The number of oxazole rings is 1. The summed E-state index contributed by atoms with van der Waals surface area (Å²) in [5.41, 5.74) is 4.06. The van der Waals surface area contributed by atoms with Crippen LogP contribution in [-0.2, 0) is 11.5 Å². The number of rotatable bonds is 6. The van der Waals surface area contributed by atoms with Gasteiger partial charge in [-0.1, -0.05) is 35.9 Å². The second-order valence-corrected chi connectivity index (χ2v) is 6.83. The number of hydrogen-bond acceptors (Lipinski definition) is 6. The van der Waals surface area contributed by atoms with Crippen molar-refractivity contribution in [1.82, 2.24) is 25.2 Å². The molecular weight excluding hydrogens is 346 g/mol. The maximum Gasteiger partial charge on any atom is 0.226 e. The van der Waals surface area contributed by atoms with Gasteiger partial charge in [0.25, 0.3) is 0 Å². The van der Waals surface area contributed by atoms with Gasteiger partial charge in [0.15, 0.2) is 5.82 Å². The van der Waals surface area contributed by atoms with Gasteiger partial charge in [-0.15, -0.1) is 16.9 Å². The number of thioether (sulfide) groups is 1. The second-order valence-electron chi connectivity index (χ2n) is 5.85. The maximum atomic E-state index is 5.60. The molecule has 0 saturated heterocycles. The average Bonchev–Trinajstić information content (AvgIpc) is 3.33. The van der Waals surface area contributed by atoms with Crippen molar-refractivity contribution in [3.63, 3.8) is 0 Å². The minimum atomic E-state index is 0.648. The van der Waals surface area contributed by atoms with Crippen molar-refractivity contribution in [2.24, 2.45) is 0 Å². The van der Waals surface area contributed by atoms with E-state index in [9.17, 15) is 0 Å². The summed E-state index contributed by atoms with van der Waals surface area (Å²) < 4.78 is 7.36. The van der Waals surface area contributed by atoms with Crippen LogP contribution >= 0.6 is 11.8 Å². The summed E-state index contributed by atoms with van der Waals surface area (Å²) in [7, 11) is 0. The number of aromatic nitrogens is 5. The summed E-state index contributed by atoms with van der Waals surface area (Å²) in [6.45, 7) is 2.06. The minimum Gasteiger partial charge on any atom is -0.444 e. The monoisotopic (exact) mass is 363 g/mol. The van der Waals surface area contributed by atoms with Crippen molar-refractivity contribution < 1.29 is 4.42 Å². The fourth-order valence-electron chi connectivity index (χ4n) is 2.51. The van der Waals surface area contributed by atoms with E-state index in [0.29, 0.717) is 11.6 Å². The van der Waals surface area contributed by atoms with E-state index < -0.39 is 0 Å². The summed E-state index contributed by atoms with van der Waals surface area (Å²) in [5, 5.41) is 12.0. The molecule has 130 valence electrons. The van der Waals surface area contributed by atoms with Crippen LogP contribution in [0.2, 0.25) is 0 Å². The van der Waals surface area contributed by atoms with Crippen molar-refractivity contribution in [2.75, 3.05) is 0 Å². The number of hydrogen-bond donors (Lipinski definition) is 0. The molecule has 0 unspecified atom stereocenters. The van der Waals surface area contributed by atoms with E-state index in [0.717, 1.165) is 28.5 Å². The summed E-state index contributed by atoms with van der Waals surface area (Å²) in [6, 6.07) is 18.0. The van der Waals surface area contributed by atoms with Gasteiger partial charge in [0.2, 0.25) is 5.89 Å². The van der Waals surface area contributed by atoms with Crippen LogP contribution in [0.3, 0.4) is 0 Å². The zero-order valence-corrected chi connectivity index (χ0v) is 15.1. The molecule has 2 aromatic heterocycles. The molecule has 0 aliphatic carbocycles. The quantitative estimate of drug-likeness (QED) is 0.514. The highest BCUT2D eigenvalue weighted by Gasteiger charge is 2.10. The summed E-state index contributed by atoms with van der Waals surface area (Å²) in [6.07, 6.45) is 1.71. The molecule has 0 amide bonds. The first-order chi connectivity index (χ1) is 12.8. The molecule has 7 heteroatoms. The lowest BCUT2D eigenvalue weighted by Crippen LogP contribution is -2.02. The SMILES string of the molecule is Cc1ccc(-c2nc(CSCc3nnnn3-c3ccccc3)co2)cc1. The third-order valence-corrected chi connectivity index (χ3v) is 4.83. The van der Waals surface area contributed by atoms with Gasteiger partial charge in [-0.05, 0) is 41.6 Å². The molecule has 0 radical (unpaired) electrons. The normalized spacial score (nSPS) is 11.0. The smallest absolute Gasteiger partial charge is 0.226 e. The van der Waals surface area contributed by atoms with Crippen LogP contribution in [0.4, 0.5) is 0 Å². The number of nitrogens with zero attached hydrogens (tertiary/aromatic N) is 5. The van der Waals surface area contributed by atoms with Gasteiger partial charge in [-0.3, -0.25) is 0 Å². The third-order valence-electron chi connectivity index (χ3n) is 3.87. The molecule has 0 aliphatic heterocycles. The topological polar surface area (TPSA) is 69.6 Å². The predicted molar refractivity (Wildman–Crippen MR) is 101 cm³/mol. The number of tetrazole rings is 1. The molecule has 4 rings (SSSR count). The molecule has 2 heterocycles. The maximum absolute atomic E-state index is 5.60. The molecule has 2 aromatic carbocycles. The van der Waals surface area contributed by atoms with Crippen molar-refractivity contribution in [3.8, 4) is 17.1 Å². The predicted octanol–water partition coefficient (Wildman–Crippen LogP) is 4.06. The van der Waals surface area contributed by atoms with Crippen LogP contribution in [0.5, 0.6) is 0 Å². The highest BCUT2D eigenvalue weighted by atomic mass is 32.2. The van der Waals surface area contributed by atoms with Gasteiger partial charge >= 0.3 is 0 Å². The van der Waals surface area contributed by atoms with Crippen molar-refractivity contribution >= 4 is 11.8 Å². The fraction of sp³-hybridized carbons (Fsp3) is 0.158. The first kappa shape index (κ1) is 16.5. The standard InChI is InChI=1S/C19H17N5OS/c1-14-7-9-15(10-8-14)19-20-16(11-25-19)12-26-13-18-21-22-23-24(18)17-5-3-2-4-6-17/h2-11H,12-13H2,1H3. The lowest BCUT2D eigenvalue weighted by molar-refractivity contribution is 0.573. The molecule has 0 saturated carbocycles. The molecule has 0 fully saturated rings. The molecular formula is C19H17N5OS. The fourth-order valence-corrected chi connectivity index (χ4v) is 3.32. The Morgan fingerprint density at radius 1 is 1.00 bits per heavy atom. The van der Waals surface area contributed by atoms with Crippen LogP contribution in [0.1, 0.15) is 17.1 Å². The van der Waals surface area contributed by atoms with E-state index >= 15 is 0 Å². The number of benzene rings is 2. The van der Waals surface area contributed by atoms with Crippen molar-refractivity contribution in [3.05, 3.63) is 77.9 Å². The van der Waals surface area contributed by atoms with Gasteiger partial charge in [-0.25, -0.2) is 4.98 Å². The number of para-hydroxylation sites is 1. The van der Waals surface area contributed by atoms with Gasteiger partial charge in [-0.2, -0.15) is 4.68 Å².